The lowest BCUT2D eigenvalue weighted by Crippen LogP contribution is -2.27. The fourth-order valence-corrected chi connectivity index (χ4v) is 6.31. The van der Waals surface area contributed by atoms with Crippen molar-refractivity contribution >= 4 is 50.4 Å². The van der Waals surface area contributed by atoms with Crippen LogP contribution in [0.15, 0.2) is 88.0 Å². The smallest absolute Gasteiger partial charge is 0.265 e. The Morgan fingerprint density at radius 3 is 2.52 bits per heavy atom. The first kappa shape index (κ1) is 25.6. The van der Waals surface area contributed by atoms with Crippen molar-refractivity contribution in [3.05, 3.63) is 89.4 Å². The Morgan fingerprint density at radius 1 is 1.07 bits per heavy atom. The number of anilines is 2. The number of thioether (sulfide) groups is 1. The number of nitrogens with one attached hydrogen (secondary N) is 2. The topological polar surface area (TPSA) is 154 Å². The van der Waals surface area contributed by atoms with Gasteiger partial charge in [-0.1, -0.05) is 11.8 Å². The lowest BCUT2D eigenvalue weighted by Gasteiger charge is -2.14. The molecule has 5 aromatic rings. The van der Waals surface area contributed by atoms with Gasteiger partial charge in [-0.05, 0) is 54.6 Å². The van der Waals surface area contributed by atoms with Crippen molar-refractivity contribution in [1.82, 2.24) is 29.3 Å². The molecule has 0 spiro atoms. The summed E-state index contributed by atoms with van der Waals surface area (Å²) in [6.45, 7) is 0. The van der Waals surface area contributed by atoms with Gasteiger partial charge in [-0.2, -0.15) is 5.10 Å². The Morgan fingerprint density at radius 2 is 1.80 bits per heavy atom. The summed E-state index contributed by atoms with van der Waals surface area (Å²) in [6.07, 6.45) is 4.25. The summed E-state index contributed by atoms with van der Waals surface area (Å²) in [5.74, 6) is -0.323. The second kappa shape index (κ2) is 10.2. The standard InChI is InChI=1S/C25H19FN8O4S2/c26-15-2-6-17(7-3-15)34-22-20(13-29-34)23(36)33-18(14-39-25(33)31-22)12-21(35)30-16-4-8-19(9-5-16)40(37,38)32-24-27-10-1-11-28-24/h1-11,13,18H,12,14H2,(H,30,35)(H,27,28,32). The third-order valence-corrected chi connectivity index (χ3v) is 8.54. The minimum Gasteiger partial charge on any atom is -0.326 e. The summed E-state index contributed by atoms with van der Waals surface area (Å²) < 4.78 is 43.7. The van der Waals surface area contributed by atoms with E-state index in [2.05, 4.69) is 30.1 Å². The van der Waals surface area contributed by atoms with Crippen LogP contribution in [-0.2, 0) is 14.8 Å². The average molecular weight is 579 g/mol. The minimum absolute atomic E-state index is 0.00610. The predicted octanol–water partition coefficient (Wildman–Crippen LogP) is 2.99. The molecule has 0 saturated heterocycles. The Hall–Kier alpha value is -4.63. The van der Waals surface area contributed by atoms with Crippen molar-refractivity contribution in [1.29, 1.82) is 0 Å². The zero-order valence-electron chi connectivity index (χ0n) is 20.4. The van der Waals surface area contributed by atoms with E-state index in [9.17, 15) is 22.4 Å². The summed E-state index contributed by atoms with van der Waals surface area (Å²) >= 11 is 1.36. The van der Waals surface area contributed by atoms with Gasteiger partial charge in [0.05, 0.1) is 22.8 Å². The second-order valence-corrected chi connectivity index (χ2v) is 11.4. The number of nitrogens with zero attached hydrogens (tertiary/aromatic N) is 6. The third-order valence-electron chi connectivity index (χ3n) is 6.10. The van der Waals surface area contributed by atoms with Crippen LogP contribution in [0.4, 0.5) is 16.0 Å². The first-order valence-corrected chi connectivity index (χ1v) is 14.3. The SMILES string of the molecule is O=C(CC1CSc2nc3c(cnn3-c3ccc(F)cc3)c(=O)n21)Nc1ccc(S(=O)(=O)Nc2ncccn2)cc1. The van der Waals surface area contributed by atoms with Gasteiger partial charge in [0, 0.05) is 30.3 Å². The van der Waals surface area contributed by atoms with Crippen molar-refractivity contribution < 1.29 is 17.6 Å². The van der Waals surface area contributed by atoms with Crippen molar-refractivity contribution in [3.8, 4) is 5.69 Å². The van der Waals surface area contributed by atoms with Crippen LogP contribution in [0.2, 0.25) is 0 Å². The summed E-state index contributed by atoms with van der Waals surface area (Å²) in [5.41, 5.74) is 0.992. The summed E-state index contributed by atoms with van der Waals surface area (Å²) in [7, 11) is -3.91. The molecule has 1 unspecified atom stereocenters. The molecule has 0 fully saturated rings. The molecule has 1 amide bonds. The molecule has 40 heavy (non-hydrogen) atoms. The van der Waals surface area contributed by atoms with Gasteiger partial charge in [0.1, 0.15) is 11.2 Å². The van der Waals surface area contributed by atoms with E-state index in [4.69, 9.17) is 0 Å². The molecular weight excluding hydrogens is 559 g/mol. The number of benzene rings is 2. The van der Waals surface area contributed by atoms with Crippen LogP contribution in [0.25, 0.3) is 16.7 Å². The third kappa shape index (κ3) is 4.91. The fraction of sp³-hybridized carbons (Fsp3) is 0.120. The van der Waals surface area contributed by atoms with Gasteiger partial charge in [0.25, 0.3) is 15.6 Å². The molecule has 1 aliphatic heterocycles. The highest BCUT2D eigenvalue weighted by Crippen LogP contribution is 2.33. The largest absolute Gasteiger partial charge is 0.326 e. The molecule has 6 rings (SSSR count). The van der Waals surface area contributed by atoms with E-state index < -0.39 is 16.1 Å². The number of carbonyl (C=O) groups excluding carboxylic acids is 1. The zero-order valence-corrected chi connectivity index (χ0v) is 22.1. The first-order chi connectivity index (χ1) is 19.3. The molecule has 1 atom stereocenters. The number of rotatable bonds is 7. The summed E-state index contributed by atoms with van der Waals surface area (Å²) in [5, 5.41) is 7.75. The maximum Gasteiger partial charge on any atom is 0.265 e. The van der Waals surface area contributed by atoms with Crippen molar-refractivity contribution in [3.63, 3.8) is 0 Å². The van der Waals surface area contributed by atoms with Gasteiger partial charge >= 0.3 is 0 Å². The van der Waals surface area contributed by atoms with E-state index in [0.717, 1.165) is 0 Å². The highest BCUT2D eigenvalue weighted by atomic mass is 32.2. The molecule has 1 aliphatic rings. The van der Waals surface area contributed by atoms with E-state index in [0.29, 0.717) is 27.9 Å². The van der Waals surface area contributed by atoms with Crippen molar-refractivity contribution in [2.75, 3.05) is 15.8 Å². The van der Waals surface area contributed by atoms with Crippen LogP contribution in [-0.4, -0.2) is 49.4 Å². The molecule has 0 aliphatic carbocycles. The van der Waals surface area contributed by atoms with Crippen LogP contribution >= 0.6 is 11.8 Å². The maximum atomic E-state index is 13.3. The number of aromatic nitrogens is 6. The van der Waals surface area contributed by atoms with Crippen molar-refractivity contribution in [2.24, 2.45) is 0 Å². The molecule has 3 aromatic heterocycles. The maximum absolute atomic E-state index is 13.3. The summed E-state index contributed by atoms with van der Waals surface area (Å²) in [6, 6.07) is 12.5. The average Bonchev–Trinajstić information content (AvgIpc) is 3.55. The predicted molar refractivity (Wildman–Crippen MR) is 145 cm³/mol. The van der Waals surface area contributed by atoms with E-state index in [1.165, 1.54) is 76.0 Å². The van der Waals surface area contributed by atoms with E-state index in [-0.39, 0.29) is 39.9 Å². The second-order valence-electron chi connectivity index (χ2n) is 8.76. The quantitative estimate of drug-likeness (QED) is 0.278. The van der Waals surface area contributed by atoms with E-state index in [1.807, 2.05) is 0 Å². The first-order valence-electron chi connectivity index (χ1n) is 11.9. The summed E-state index contributed by atoms with van der Waals surface area (Å²) in [4.78, 5) is 38.4. The number of carbonyl (C=O) groups is 1. The number of fused-ring (bicyclic) bond motifs is 2. The normalized spacial score (nSPS) is 14.7. The van der Waals surface area contributed by atoms with Gasteiger partial charge in [0.15, 0.2) is 10.8 Å². The molecule has 0 bridgehead atoms. The minimum atomic E-state index is -3.91. The lowest BCUT2D eigenvalue weighted by atomic mass is 10.2. The number of halogens is 1. The molecule has 202 valence electrons. The molecular formula is C25H19FN8O4S2. The number of hydrogen-bond acceptors (Lipinski definition) is 9. The molecule has 4 heterocycles. The zero-order chi connectivity index (χ0) is 27.9. The highest BCUT2D eigenvalue weighted by Gasteiger charge is 2.29. The van der Waals surface area contributed by atoms with Crippen LogP contribution in [0.1, 0.15) is 12.5 Å². The van der Waals surface area contributed by atoms with Gasteiger partial charge in [0.2, 0.25) is 11.9 Å². The fourth-order valence-electron chi connectivity index (χ4n) is 4.23. The molecule has 12 nitrogen and oxygen atoms in total. The Labute approximate surface area is 230 Å². The van der Waals surface area contributed by atoms with E-state index >= 15 is 0 Å². The molecule has 2 aromatic carbocycles. The monoisotopic (exact) mass is 578 g/mol. The van der Waals surface area contributed by atoms with Crippen LogP contribution in [0.5, 0.6) is 0 Å². The molecule has 2 N–H and O–H groups in total. The Kier molecular flexibility index (Phi) is 6.51. The van der Waals surface area contributed by atoms with Crippen LogP contribution in [0.3, 0.4) is 0 Å². The van der Waals surface area contributed by atoms with Crippen molar-refractivity contribution in [2.45, 2.75) is 22.5 Å². The molecule has 0 saturated carbocycles. The molecule has 15 heteroatoms. The van der Waals surface area contributed by atoms with Gasteiger partial charge in [-0.25, -0.2) is 37.2 Å². The van der Waals surface area contributed by atoms with Gasteiger partial charge in [-0.15, -0.1) is 0 Å². The van der Waals surface area contributed by atoms with Crippen LogP contribution in [0, 0.1) is 5.82 Å². The Balaban J connectivity index is 1.16. The number of sulfonamides is 1. The highest BCUT2D eigenvalue weighted by molar-refractivity contribution is 7.99. The number of amides is 1. The molecule has 0 radical (unpaired) electrons. The van der Waals surface area contributed by atoms with Crippen LogP contribution < -0.4 is 15.6 Å². The van der Waals surface area contributed by atoms with Gasteiger partial charge in [-0.3, -0.25) is 14.2 Å². The Bertz CT molecular complexity index is 1890. The lowest BCUT2D eigenvalue weighted by molar-refractivity contribution is -0.116. The number of hydrogen-bond donors (Lipinski definition) is 2. The van der Waals surface area contributed by atoms with E-state index in [1.54, 1.807) is 18.2 Å². The van der Waals surface area contributed by atoms with Gasteiger partial charge < -0.3 is 5.32 Å².